The van der Waals surface area contributed by atoms with Crippen LogP contribution in [0.25, 0.3) is 0 Å². The number of rotatable bonds is 2. The third-order valence-corrected chi connectivity index (χ3v) is 1.01. The normalized spacial score (nSPS) is 8.36. The van der Waals surface area contributed by atoms with Gasteiger partial charge in [-0.3, -0.25) is 5.41 Å². The van der Waals surface area contributed by atoms with Gasteiger partial charge in [0.15, 0.2) is 0 Å². The summed E-state index contributed by atoms with van der Waals surface area (Å²) in [4.78, 5) is 7.55. The fourth-order valence-electron chi connectivity index (χ4n) is 0.641. The summed E-state index contributed by atoms with van der Waals surface area (Å²) in [6, 6.07) is 0. The van der Waals surface area contributed by atoms with Crippen molar-refractivity contribution in [2.24, 2.45) is 5.73 Å². The van der Waals surface area contributed by atoms with Crippen LogP contribution in [0.2, 0.25) is 0 Å². The Labute approximate surface area is 70.8 Å². The zero-order chi connectivity index (χ0) is 7.40. The quantitative estimate of drug-likeness (QED) is 0.500. The van der Waals surface area contributed by atoms with Crippen LogP contribution in [0.3, 0.4) is 0 Å². The van der Waals surface area contributed by atoms with Gasteiger partial charge in [0.2, 0.25) is 0 Å². The van der Waals surface area contributed by atoms with Crippen LogP contribution in [0.15, 0.2) is 18.7 Å². The third kappa shape index (κ3) is 3.52. The maximum absolute atomic E-state index is 6.95. The first-order chi connectivity index (χ1) is 4.79. The number of amidine groups is 1. The lowest BCUT2D eigenvalue weighted by Gasteiger charge is -1.94. The number of aromatic nitrogens is 2. The van der Waals surface area contributed by atoms with E-state index in [1.165, 1.54) is 6.33 Å². The van der Waals surface area contributed by atoms with E-state index in [-0.39, 0.29) is 18.2 Å². The van der Waals surface area contributed by atoms with Crippen LogP contribution in [0.5, 0.6) is 0 Å². The molecule has 0 unspecified atom stereocenters. The molecule has 0 fully saturated rings. The number of nitrogens with one attached hydrogen (secondary N) is 1. The smallest absolute Gasteiger partial charge is 0.115 e. The van der Waals surface area contributed by atoms with Crippen molar-refractivity contribution < 1.29 is 0 Å². The first-order valence-corrected chi connectivity index (χ1v) is 2.86. The van der Waals surface area contributed by atoms with Gasteiger partial charge in [-0.2, -0.15) is 0 Å². The van der Waals surface area contributed by atoms with E-state index in [4.69, 9.17) is 11.1 Å². The molecule has 60 valence electrons. The largest absolute Gasteiger partial charge is 0.387 e. The van der Waals surface area contributed by atoms with Crippen molar-refractivity contribution in [2.45, 2.75) is 6.42 Å². The minimum absolute atomic E-state index is 0. The Morgan fingerprint density at radius 1 is 1.45 bits per heavy atom. The van der Waals surface area contributed by atoms with Crippen molar-refractivity contribution in [1.82, 2.24) is 9.97 Å². The van der Waals surface area contributed by atoms with E-state index in [0.29, 0.717) is 6.42 Å². The molecule has 3 N–H and O–H groups in total. The van der Waals surface area contributed by atoms with Crippen molar-refractivity contribution in [3.63, 3.8) is 0 Å². The van der Waals surface area contributed by atoms with Gasteiger partial charge in [0, 0.05) is 18.8 Å². The Balaban J connectivity index is 0.000001000. The summed E-state index contributed by atoms with van der Waals surface area (Å²) in [6.45, 7) is 0. The Hall–Kier alpha value is -1.16. The molecule has 5 heteroatoms. The Morgan fingerprint density at radius 3 is 2.45 bits per heavy atom. The highest BCUT2D eigenvalue weighted by Gasteiger charge is 1.92. The molecule has 0 atom stereocenters. The van der Waals surface area contributed by atoms with Gasteiger partial charge in [-0.1, -0.05) is 0 Å². The van der Waals surface area contributed by atoms with Crippen molar-refractivity contribution in [3.8, 4) is 0 Å². The Kier molecular flexibility index (Phi) is 4.14. The lowest BCUT2D eigenvalue weighted by molar-refractivity contribution is 1.09. The summed E-state index contributed by atoms with van der Waals surface area (Å²) < 4.78 is 0. The van der Waals surface area contributed by atoms with Crippen LogP contribution < -0.4 is 5.73 Å². The maximum Gasteiger partial charge on any atom is 0.115 e. The molecule has 0 aliphatic heterocycles. The molecular weight excluding hydrogens is 164 g/mol. The molecule has 0 aliphatic rings. The predicted molar refractivity (Wildman–Crippen MR) is 44.9 cm³/mol. The van der Waals surface area contributed by atoms with Crippen LogP contribution in [0.4, 0.5) is 0 Å². The van der Waals surface area contributed by atoms with Gasteiger partial charge in [-0.15, -0.1) is 12.4 Å². The molecular formula is C6H9ClN4. The average Bonchev–Trinajstić information content (AvgIpc) is 1.88. The van der Waals surface area contributed by atoms with E-state index in [1.807, 2.05) is 0 Å². The Morgan fingerprint density at radius 2 is 2.00 bits per heavy atom. The van der Waals surface area contributed by atoms with E-state index in [9.17, 15) is 0 Å². The number of halogens is 1. The molecule has 0 bridgehead atoms. The fourth-order valence-corrected chi connectivity index (χ4v) is 0.641. The molecule has 0 saturated heterocycles. The van der Waals surface area contributed by atoms with E-state index >= 15 is 0 Å². The highest BCUT2D eigenvalue weighted by atomic mass is 35.5. The van der Waals surface area contributed by atoms with Crippen LogP contribution in [0, 0.1) is 5.41 Å². The minimum Gasteiger partial charge on any atom is -0.387 e. The third-order valence-electron chi connectivity index (χ3n) is 1.01. The Bertz CT molecular complexity index is 223. The van der Waals surface area contributed by atoms with Gasteiger partial charge in [-0.05, 0) is 5.56 Å². The average molecular weight is 173 g/mol. The topological polar surface area (TPSA) is 75.7 Å². The standard InChI is InChI=1S/C6H8N4.ClH/c7-6(8)1-5-2-9-4-10-3-5;/h2-4H,1H2,(H3,7,8);1H. The lowest BCUT2D eigenvalue weighted by Crippen LogP contribution is -2.12. The van der Waals surface area contributed by atoms with Crippen LogP contribution in [-0.2, 0) is 6.42 Å². The van der Waals surface area contributed by atoms with E-state index in [1.54, 1.807) is 12.4 Å². The molecule has 11 heavy (non-hydrogen) atoms. The van der Waals surface area contributed by atoms with Crippen LogP contribution >= 0.6 is 12.4 Å². The van der Waals surface area contributed by atoms with Crippen molar-refractivity contribution in [3.05, 3.63) is 24.3 Å². The molecule has 0 spiro atoms. The van der Waals surface area contributed by atoms with Crippen molar-refractivity contribution >= 4 is 18.2 Å². The van der Waals surface area contributed by atoms with Gasteiger partial charge in [0.25, 0.3) is 0 Å². The molecule has 1 aromatic heterocycles. The molecule has 4 nitrogen and oxygen atoms in total. The summed E-state index contributed by atoms with van der Waals surface area (Å²) in [7, 11) is 0. The fraction of sp³-hybridized carbons (Fsp3) is 0.167. The predicted octanol–water partition coefficient (Wildman–Crippen LogP) is 0.377. The second-order valence-corrected chi connectivity index (χ2v) is 1.95. The SMILES string of the molecule is Cl.N=C(N)Cc1cncnc1. The number of nitrogens with zero attached hydrogens (tertiary/aromatic N) is 2. The summed E-state index contributed by atoms with van der Waals surface area (Å²) >= 11 is 0. The zero-order valence-electron chi connectivity index (χ0n) is 5.82. The molecule has 1 rings (SSSR count). The molecule has 1 heterocycles. The summed E-state index contributed by atoms with van der Waals surface area (Å²) in [5.41, 5.74) is 6.02. The molecule has 0 radical (unpaired) electrons. The minimum atomic E-state index is 0. The zero-order valence-corrected chi connectivity index (χ0v) is 6.64. The van der Waals surface area contributed by atoms with Gasteiger partial charge in [0.05, 0.1) is 5.84 Å². The first kappa shape index (κ1) is 9.84. The number of hydrogen-bond donors (Lipinski definition) is 2. The van der Waals surface area contributed by atoms with Gasteiger partial charge in [0.1, 0.15) is 6.33 Å². The second-order valence-electron chi connectivity index (χ2n) is 1.95. The van der Waals surface area contributed by atoms with Crippen molar-refractivity contribution in [2.75, 3.05) is 0 Å². The molecule has 0 amide bonds. The highest BCUT2D eigenvalue weighted by molar-refractivity contribution is 5.85. The van der Waals surface area contributed by atoms with Crippen LogP contribution in [0.1, 0.15) is 5.56 Å². The van der Waals surface area contributed by atoms with Gasteiger partial charge < -0.3 is 5.73 Å². The molecule has 0 aliphatic carbocycles. The van der Waals surface area contributed by atoms with Crippen LogP contribution in [-0.4, -0.2) is 15.8 Å². The highest BCUT2D eigenvalue weighted by Crippen LogP contribution is 1.92. The van der Waals surface area contributed by atoms with E-state index in [2.05, 4.69) is 9.97 Å². The maximum atomic E-state index is 6.95. The van der Waals surface area contributed by atoms with Gasteiger partial charge >= 0.3 is 0 Å². The lowest BCUT2D eigenvalue weighted by atomic mass is 10.2. The molecule has 0 aromatic carbocycles. The number of nitrogens with two attached hydrogens (primary N) is 1. The summed E-state index contributed by atoms with van der Waals surface area (Å²) in [5, 5.41) is 6.95. The molecule has 0 saturated carbocycles. The van der Waals surface area contributed by atoms with Crippen molar-refractivity contribution in [1.29, 1.82) is 5.41 Å². The van der Waals surface area contributed by atoms with Gasteiger partial charge in [-0.25, -0.2) is 9.97 Å². The second kappa shape index (κ2) is 4.62. The first-order valence-electron chi connectivity index (χ1n) is 2.86. The monoisotopic (exact) mass is 172 g/mol. The van der Waals surface area contributed by atoms with E-state index in [0.717, 1.165) is 5.56 Å². The summed E-state index contributed by atoms with van der Waals surface area (Å²) in [6.07, 6.45) is 5.17. The number of hydrogen-bond acceptors (Lipinski definition) is 3. The van der Waals surface area contributed by atoms with E-state index < -0.39 is 0 Å². The molecule has 1 aromatic rings. The summed E-state index contributed by atoms with van der Waals surface area (Å²) in [5.74, 6) is 0.134.